The molecule has 0 radical (unpaired) electrons. The minimum Gasteiger partial charge on any atom is -0.353 e. The fourth-order valence-electron chi connectivity index (χ4n) is 2.53. The number of hydrogen-bond donors (Lipinski definition) is 1. The lowest BCUT2D eigenvalue weighted by Crippen LogP contribution is -2.57. The Morgan fingerprint density at radius 3 is 2.95 bits per heavy atom. The Morgan fingerprint density at radius 2 is 2.29 bits per heavy atom. The van der Waals surface area contributed by atoms with Gasteiger partial charge in [-0.15, -0.1) is 0 Å². The molecule has 6 nitrogen and oxygen atoms in total. The van der Waals surface area contributed by atoms with Crippen LogP contribution in [0.1, 0.15) is 32.4 Å². The largest absolute Gasteiger partial charge is 0.353 e. The lowest BCUT2D eigenvalue weighted by Gasteiger charge is -2.36. The Labute approximate surface area is 125 Å². The van der Waals surface area contributed by atoms with Crippen LogP contribution in [0.3, 0.4) is 0 Å². The molecule has 1 saturated heterocycles. The molecule has 0 unspecified atom stereocenters. The summed E-state index contributed by atoms with van der Waals surface area (Å²) in [6.07, 6.45) is 6.51. The highest BCUT2D eigenvalue weighted by Crippen LogP contribution is 2.16. The molecular formula is C15H22N4O2. The third-order valence-corrected chi connectivity index (χ3v) is 3.56. The van der Waals surface area contributed by atoms with E-state index in [2.05, 4.69) is 29.1 Å². The maximum absolute atomic E-state index is 12.4. The van der Waals surface area contributed by atoms with Gasteiger partial charge in [-0.05, 0) is 18.8 Å². The fraction of sp³-hybridized carbons (Fsp3) is 0.600. The summed E-state index contributed by atoms with van der Waals surface area (Å²) in [6.45, 7) is 5.24. The summed E-state index contributed by atoms with van der Waals surface area (Å²) in [7, 11) is 0. The summed E-state index contributed by atoms with van der Waals surface area (Å²) in [6, 6.07) is -0.340. The SMILES string of the molecule is CC(C)C[C@@H]1C(=O)NCCN1C(=O)CCc1cnccn1. The summed E-state index contributed by atoms with van der Waals surface area (Å²) in [4.78, 5) is 34.3. The van der Waals surface area contributed by atoms with Gasteiger partial charge in [0.2, 0.25) is 11.8 Å². The minimum atomic E-state index is -0.340. The lowest BCUT2D eigenvalue weighted by atomic mass is 9.99. The first-order valence-corrected chi connectivity index (χ1v) is 7.40. The molecule has 1 aromatic rings. The van der Waals surface area contributed by atoms with Gasteiger partial charge in [0.25, 0.3) is 0 Å². The molecule has 6 heteroatoms. The van der Waals surface area contributed by atoms with Gasteiger partial charge < -0.3 is 10.2 Å². The van der Waals surface area contributed by atoms with Crippen LogP contribution >= 0.6 is 0 Å². The Balaban J connectivity index is 1.96. The molecule has 0 saturated carbocycles. The number of nitrogens with zero attached hydrogens (tertiary/aromatic N) is 3. The molecule has 1 aliphatic rings. The van der Waals surface area contributed by atoms with Gasteiger partial charge in [-0.3, -0.25) is 19.6 Å². The van der Waals surface area contributed by atoms with Crippen LogP contribution in [0.5, 0.6) is 0 Å². The molecule has 2 rings (SSSR count). The average Bonchev–Trinajstić information content (AvgIpc) is 2.47. The first-order valence-electron chi connectivity index (χ1n) is 7.40. The summed E-state index contributed by atoms with van der Waals surface area (Å²) < 4.78 is 0. The molecular weight excluding hydrogens is 268 g/mol. The molecule has 0 bridgehead atoms. The number of nitrogens with one attached hydrogen (secondary N) is 1. The van der Waals surface area contributed by atoms with Crippen molar-refractivity contribution in [2.24, 2.45) is 5.92 Å². The Bertz CT molecular complexity index is 490. The molecule has 0 aliphatic carbocycles. The summed E-state index contributed by atoms with van der Waals surface area (Å²) >= 11 is 0. The Kier molecular flexibility index (Phi) is 5.25. The van der Waals surface area contributed by atoms with Crippen molar-refractivity contribution in [2.45, 2.75) is 39.2 Å². The number of amides is 2. The van der Waals surface area contributed by atoms with Gasteiger partial charge in [0.15, 0.2) is 0 Å². The number of rotatable bonds is 5. The van der Waals surface area contributed by atoms with Crippen LogP contribution in [0.25, 0.3) is 0 Å². The second-order valence-corrected chi connectivity index (χ2v) is 5.72. The minimum absolute atomic E-state index is 0.0150. The molecule has 2 amide bonds. The highest BCUT2D eigenvalue weighted by atomic mass is 16.2. The van der Waals surface area contributed by atoms with E-state index in [1.807, 2.05) is 0 Å². The van der Waals surface area contributed by atoms with Gasteiger partial charge in [0.05, 0.1) is 5.69 Å². The van der Waals surface area contributed by atoms with Gasteiger partial charge >= 0.3 is 0 Å². The zero-order valence-electron chi connectivity index (χ0n) is 12.6. The highest BCUT2D eigenvalue weighted by Gasteiger charge is 2.32. The van der Waals surface area contributed by atoms with E-state index >= 15 is 0 Å². The van der Waals surface area contributed by atoms with Crippen molar-refractivity contribution in [1.29, 1.82) is 0 Å². The molecule has 1 aromatic heterocycles. The number of carbonyl (C=O) groups is 2. The van der Waals surface area contributed by atoms with Crippen LogP contribution < -0.4 is 5.32 Å². The molecule has 114 valence electrons. The maximum atomic E-state index is 12.4. The summed E-state index contributed by atoms with van der Waals surface area (Å²) in [5, 5.41) is 2.84. The maximum Gasteiger partial charge on any atom is 0.242 e. The molecule has 2 heterocycles. The highest BCUT2D eigenvalue weighted by molar-refractivity contribution is 5.88. The number of piperazine rings is 1. The van der Waals surface area contributed by atoms with Crippen molar-refractivity contribution < 1.29 is 9.59 Å². The van der Waals surface area contributed by atoms with Crippen LogP contribution in [0, 0.1) is 5.92 Å². The molecule has 1 aliphatic heterocycles. The van der Waals surface area contributed by atoms with Crippen molar-refractivity contribution in [1.82, 2.24) is 20.2 Å². The Hall–Kier alpha value is -1.98. The zero-order chi connectivity index (χ0) is 15.2. The van der Waals surface area contributed by atoms with E-state index < -0.39 is 0 Å². The first-order chi connectivity index (χ1) is 10.1. The average molecular weight is 290 g/mol. The van der Waals surface area contributed by atoms with E-state index in [-0.39, 0.29) is 17.9 Å². The first kappa shape index (κ1) is 15.4. The van der Waals surface area contributed by atoms with Gasteiger partial charge in [-0.2, -0.15) is 0 Å². The second-order valence-electron chi connectivity index (χ2n) is 5.72. The molecule has 0 spiro atoms. The van der Waals surface area contributed by atoms with E-state index in [9.17, 15) is 9.59 Å². The monoisotopic (exact) mass is 290 g/mol. The van der Waals surface area contributed by atoms with Crippen molar-refractivity contribution >= 4 is 11.8 Å². The van der Waals surface area contributed by atoms with Crippen molar-refractivity contribution in [3.8, 4) is 0 Å². The lowest BCUT2D eigenvalue weighted by molar-refractivity contribution is -0.143. The quantitative estimate of drug-likeness (QED) is 0.869. The fourth-order valence-corrected chi connectivity index (χ4v) is 2.53. The van der Waals surface area contributed by atoms with Gasteiger partial charge in [-0.25, -0.2) is 0 Å². The van der Waals surface area contributed by atoms with Crippen LogP contribution in [-0.2, 0) is 16.0 Å². The molecule has 1 N–H and O–H groups in total. The van der Waals surface area contributed by atoms with Crippen molar-refractivity contribution in [2.75, 3.05) is 13.1 Å². The van der Waals surface area contributed by atoms with E-state index in [0.717, 1.165) is 5.69 Å². The predicted molar refractivity (Wildman–Crippen MR) is 78.3 cm³/mol. The van der Waals surface area contributed by atoms with Crippen LogP contribution in [-0.4, -0.2) is 45.8 Å². The third kappa shape index (κ3) is 4.24. The van der Waals surface area contributed by atoms with Gasteiger partial charge in [0, 0.05) is 38.1 Å². The normalized spacial score (nSPS) is 18.7. The van der Waals surface area contributed by atoms with Crippen LogP contribution in [0.15, 0.2) is 18.6 Å². The summed E-state index contributed by atoms with van der Waals surface area (Å²) in [5.41, 5.74) is 0.799. The molecule has 0 aromatic carbocycles. The standard InChI is InChI=1S/C15H22N4O2/c1-11(2)9-13-15(21)18-7-8-19(13)14(20)4-3-12-10-16-5-6-17-12/h5-6,10-11,13H,3-4,7-9H2,1-2H3,(H,18,21)/t13-/m1/s1. The number of aromatic nitrogens is 2. The van der Waals surface area contributed by atoms with E-state index in [4.69, 9.17) is 0 Å². The zero-order valence-corrected chi connectivity index (χ0v) is 12.6. The van der Waals surface area contributed by atoms with E-state index in [1.54, 1.807) is 23.5 Å². The van der Waals surface area contributed by atoms with Gasteiger partial charge in [0.1, 0.15) is 6.04 Å². The Morgan fingerprint density at radius 1 is 1.48 bits per heavy atom. The number of hydrogen-bond acceptors (Lipinski definition) is 4. The smallest absolute Gasteiger partial charge is 0.242 e. The topological polar surface area (TPSA) is 75.2 Å². The van der Waals surface area contributed by atoms with Gasteiger partial charge in [-0.1, -0.05) is 13.8 Å². The van der Waals surface area contributed by atoms with Crippen LogP contribution in [0.4, 0.5) is 0 Å². The van der Waals surface area contributed by atoms with Crippen LogP contribution in [0.2, 0.25) is 0 Å². The molecule has 1 atom stereocenters. The third-order valence-electron chi connectivity index (χ3n) is 3.56. The predicted octanol–water partition coefficient (Wildman–Crippen LogP) is 0.782. The van der Waals surface area contributed by atoms with Crippen molar-refractivity contribution in [3.05, 3.63) is 24.3 Å². The van der Waals surface area contributed by atoms with E-state index in [1.165, 1.54) is 0 Å². The number of aryl methyl sites for hydroxylation is 1. The molecule has 21 heavy (non-hydrogen) atoms. The summed E-state index contributed by atoms with van der Waals surface area (Å²) in [5.74, 6) is 0.345. The molecule has 1 fully saturated rings. The van der Waals surface area contributed by atoms with E-state index in [0.29, 0.717) is 38.3 Å². The number of carbonyl (C=O) groups excluding carboxylic acids is 2. The van der Waals surface area contributed by atoms with Crippen molar-refractivity contribution in [3.63, 3.8) is 0 Å². The second kappa shape index (κ2) is 7.15.